The number of anilines is 1. The molecule has 0 radical (unpaired) electrons. The Hall–Kier alpha value is -2.55. The Morgan fingerprint density at radius 3 is 2.52 bits per heavy atom. The van der Waals surface area contributed by atoms with E-state index in [1.807, 2.05) is 6.92 Å². The molecule has 0 spiro atoms. The second-order valence-corrected chi connectivity index (χ2v) is 5.79. The first-order chi connectivity index (χ1) is 12.5. The number of amides is 1. The number of carboxylic acid groups (broad SMARTS) is 1. The Bertz CT molecular complexity index is 916. The molecule has 0 saturated carbocycles. The van der Waals surface area contributed by atoms with Crippen LogP contribution in [-0.4, -0.2) is 32.1 Å². The monoisotopic (exact) mass is 373 g/mol. The van der Waals surface area contributed by atoms with Gasteiger partial charge in [0.2, 0.25) is 5.91 Å². The van der Waals surface area contributed by atoms with Gasteiger partial charge in [0.05, 0.1) is 5.69 Å². The van der Waals surface area contributed by atoms with Gasteiger partial charge in [0.25, 0.3) is 0 Å². The Labute approximate surface area is 177 Å². The van der Waals surface area contributed by atoms with Gasteiger partial charge in [0.1, 0.15) is 6.33 Å². The Morgan fingerprint density at radius 1 is 1.19 bits per heavy atom. The molecule has 0 aliphatic rings. The van der Waals surface area contributed by atoms with Crippen LogP contribution in [0.5, 0.6) is 0 Å². The molecule has 0 saturated heterocycles. The zero-order valence-corrected chi connectivity index (χ0v) is 17.0. The number of hydrogen-bond acceptors (Lipinski definition) is 6. The molecule has 0 aliphatic heterocycles. The van der Waals surface area contributed by atoms with Gasteiger partial charge in [0.15, 0.2) is 0 Å². The van der Waals surface area contributed by atoms with Crippen LogP contribution >= 0.6 is 0 Å². The van der Waals surface area contributed by atoms with Gasteiger partial charge in [-0.1, -0.05) is 30.3 Å². The zero-order valence-electron chi connectivity index (χ0n) is 15.0. The quantitative estimate of drug-likeness (QED) is 0.493. The van der Waals surface area contributed by atoms with Crippen molar-refractivity contribution in [3.05, 3.63) is 66.0 Å². The summed E-state index contributed by atoms with van der Waals surface area (Å²) in [5.74, 6) is -2.69. The zero-order chi connectivity index (χ0) is 18.5. The maximum Gasteiger partial charge on any atom is 1.00 e. The van der Waals surface area contributed by atoms with Gasteiger partial charge in [-0.2, -0.15) is 0 Å². The number of rotatable bonds is 6. The summed E-state index contributed by atoms with van der Waals surface area (Å²) in [6, 6.07) is 13.8. The van der Waals surface area contributed by atoms with E-state index in [9.17, 15) is 14.7 Å². The molecule has 1 atom stereocenters. The number of tetrazole rings is 1. The van der Waals surface area contributed by atoms with Crippen molar-refractivity contribution in [2.75, 3.05) is 5.32 Å². The van der Waals surface area contributed by atoms with Crippen molar-refractivity contribution in [1.82, 2.24) is 20.2 Å². The van der Waals surface area contributed by atoms with Crippen molar-refractivity contribution < 1.29 is 44.3 Å². The predicted molar refractivity (Wildman–Crippen MR) is 91.3 cm³/mol. The molecule has 132 valence electrons. The number of nitrogens with zero attached hydrogens (tertiary/aromatic N) is 4. The Morgan fingerprint density at radius 2 is 1.93 bits per heavy atom. The van der Waals surface area contributed by atoms with E-state index >= 15 is 0 Å². The molecule has 27 heavy (non-hydrogen) atoms. The maximum absolute atomic E-state index is 12.3. The third kappa shape index (κ3) is 5.22. The second kappa shape index (κ2) is 9.40. The first kappa shape index (κ1) is 20.8. The van der Waals surface area contributed by atoms with Crippen molar-refractivity contribution in [3.63, 3.8) is 0 Å². The maximum atomic E-state index is 12.3. The smallest absolute Gasteiger partial charge is 0.549 e. The van der Waals surface area contributed by atoms with E-state index in [4.69, 9.17) is 0 Å². The molecule has 1 heterocycles. The van der Waals surface area contributed by atoms with Crippen molar-refractivity contribution >= 4 is 17.6 Å². The average Bonchev–Trinajstić information content (AvgIpc) is 3.14. The fourth-order valence-electron chi connectivity index (χ4n) is 2.68. The van der Waals surface area contributed by atoms with Gasteiger partial charge < -0.3 is 15.2 Å². The Balaban J connectivity index is 0.00000261. The Kier molecular flexibility index (Phi) is 7.23. The van der Waals surface area contributed by atoms with Crippen LogP contribution in [0.2, 0.25) is 0 Å². The van der Waals surface area contributed by atoms with Crippen molar-refractivity contribution in [1.29, 1.82) is 0 Å². The van der Waals surface area contributed by atoms with Gasteiger partial charge in [-0.3, -0.25) is 4.79 Å². The standard InChI is InChI=1S/C18H17N5O3.Na/c1-12-9-14(7-8-16(12)23-11-19-21-22-23)20-17(24)10-15(18(25)26)13-5-3-2-4-6-13;/h2-9,11,15H,10H2,1H3,(H,20,24)(H,25,26);/q;+1/p-1. The number of nitrogens with one attached hydrogen (secondary N) is 1. The van der Waals surface area contributed by atoms with E-state index < -0.39 is 17.8 Å². The molecule has 3 rings (SSSR count). The van der Waals surface area contributed by atoms with Crippen LogP contribution in [0.3, 0.4) is 0 Å². The number of carboxylic acids is 1. The summed E-state index contributed by atoms with van der Waals surface area (Å²) < 4.78 is 1.52. The van der Waals surface area contributed by atoms with Crippen LogP contribution in [0.4, 0.5) is 5.69 Å². The van der Waals surface area contributed by atoms with Gasteiger partial charge in [0, 0.05) is 24.0 Å². The van der Waals surface area contributed by atoms with Crippen LogP contribution in [0.15, 0.2) is 54.9 Å². The minimum Gasteiger partial charge on any atom is -0.549 e. The molecule has 0 fully saturated rings. The molecule has 9 heteroatoms. The molecule has 3 aromatic rings. The molecule has 2 aromatic carbocycles. The van der Waals surface area contributed by atoms with Crippen LogP contribution in [0.1, 0.15) is 23.5 Å². The number of carbonyl (C=O) groups excluding carboxylic acids is 2. The van der Waals surface area contributed by atoms with E-state index in [2.05, 4.69) is 20.8 Å². The summed E-state index contributed by atoms with van der Waals surface area (Å²) in [7, 11) is 0. The van der Waals surface area contributed by atoms with E-state index in [-0.39, 0.29) is 36.0 Å². The number of aliphatic carboxylic acids is 1. The summed E-state index contributed by atoms with van der Waals surface area (Å²) in [5, 5.41) is 25.1. The van der Waals surface area contributed by atoms with Crippen LogP contribution < -0.4 is 40.0 Å². The van der Waals surface area contributed by atoms with E-state index in [0.717, 1.165) is 11.3 Å². The molecule has 8 nitrogen and oxygen atoms in total. The molecule has 1 aromatic heterocycles. The fourth-order valence-corrected chi connectivity index (χ4v) is 2.68. The second-order valence-electron chi connectivity index (χ2n) is 5.79. The fraction of sp³-hybridized carbons (Fsp3) is 0.167. The largest absolute Gasteiger partial charge is 1.00 e. The van der Waals surface area contributed by atoms with Crippen molar-refractivity contribution in [2.24, 2.45) is 0 Å². The topological polar surface area (TPSA) is 113 Å². The van der Waals surface area contributed by atoms with E-state index in [1.54, 1.807) is 48.5 Å². The number of aromatic nitrogens is 4. The summed E-state index contributed by atoms with van der Waals surface area (Å²) in [4.78, 5) is 23.7. The third-order valence-corrected chi connectivity index (χ3v) is 3.95. The van der Waals surface area contributed by atoms with Crippen LogP contribution in [0.25, 0.3) is 5.69 Å². The SMILES string of the molecule is Cc1cc(NC(=O)CC(C(=O)[O-])c2ccccc2)ccc1-n1cnnn1.[Na+]. The molecule has 1 amide bonds. The number of benzene rings is 2. The molecule has 1 N–H and O–H groups in total. The summed E-state index contributed by atoms with van der Waals surface area (Å²) >= 11 is 0. The van der Waals surface area contributed by atoms with Gasteiger partial charge in [-0.05, 0) is 46.7 Å². The minimum atomic E-state index is -1.28. The van der Waals surface area contributed by atoms with Crippen molar-refractivity contribution in [3.8, 4) is 5.69 Å². The molecular formula is C18H16N5NaO3. The predicted octanol–water partition coefficient (Wildman–Crippen LogP) is -2.16. The normalized spacial score (nSPS) is 11.3. The summed E-state index contributed by atoms with van der Waals surface area (Å²) in [5.41, 5.74) is 2.74. The summed E-state index contributed by atoms with van der Waals surface area (Å²) in [6.45, 7) is 1.86. The first-order valence-electron chi connectivity index (χ1n) is 7.94. The number of carbonyl (C=O) groups is 2. The number of aryl methyl sites for hydroxylation is 1. The van der Waals surface area contributed by atoms with Gasteiger partial charge >= 0.3 is 29.6 Å². The van der Waals surface area contributed by atoms with Crippen molar-refractivity contribution in [2.45, 2.75) is 19.3 Å². The molecule has 1 unspecified atom stereocenters. The summed E-state index contributed by atoms with van der Waals surface area (Å²) in [6.07, 6.45) is 1.27. The van der Waals surface area contributed by atoms with E-state index in [0.29, 0.717) is 11.3 Å². The first-order valence-corrected chi connectivity index (χ1v) is 7.94. The number of hydrogen-bond donors (Lipinski definition) is 1. The van der Waals surface area contributed by atoms with E-state index in [1.165, 1.54) is 11.0 Å². The third-order valence-electron chi connectivity index (χ3n) is 3.95. The van der Waals surface area contributed by atoms with Crippen LogP contribution in [0, 0.1) is 6.92 Å². The minimum absolute atomic E-state index is 0. The van der Waals surface area contributed by atoms with Gasteiger partial charge in [-0.15, -0.1) is 5.10 Å². The molecule has 0 bridgehead atoms. The van der Waals surface area contributed by atoms with Crippen LogP contribution in [-0.2, 0) is 9.59 Å². The molecular weight excluding hydrogens is 357 g/mol. The molecule has 0 aliphatic carbocycles. The van der Waals surface area contributed by atoms with Gasteiger partial charge in [-0.25, -0.2) is 4.68 Å². The average molecular weight is 373 g/mol.